The number of hydrogen-bond donors (Lipinski definition) is 1. The standard InChI is InChI=1S/C18H16F5NO3/c1-26-14-7-4-12(10-15(14)27-17(19)20)16(25)24-9-8-11-2-5-13(6-3-11)18(21,22)23/h2-7,10,17H,8-9H2,1H3,(H,24,25). The third-order valence-electron chi connectivity index (χ3n) is 3.62. The Morgan fingerprint density at radius 3 is 2.30 bits per heavy atom. The van der Waals surface area contributed by atoms with E-state index in [2.05, 4.69) is 10.1 Å². The van der Waals surface area contributed by atoms with Crippen LogP contribution in [0.2, 0.25) is 0 Å². The Bertz CT molecular complexity index is 776. The van der Waals surface area contributed by atoms with Crippen LogP contribution in [0.25, 0.3) is 0 Å². The van der Waals surface area contributed by atoms with Gasteiger partial charge in [0, 0.05) is 12.1 Å². The van der Waals surface area contributed by atoms with E-state index < -0.39 is 24.3 Å². The van der Waals surface area contributed by atoms with Crippen molar-refractivity contribution >= 4 is 5.91 Å². The summed E-state index contributed by atoms with van der Waals surface area (Å²) < 4.78 is 71.5. The molecule has 0 heterocycles. The maximum atomic E-state index is 12.5. The first-order valence-electron chi connectivity index (χ1n) is 7.78. The van der Waals surface area contributed by atoms with Crippen LogP contribution in [0.5, 0.6) is 11.5 Å². The van der Waals surface area contributed by atoms with Crippen LogP contribution >= 0.6 is 0 Å². The highest BCUT2D eigenvalue weighted by molar-refractivity contribution is 5.94. The molecule has 2 rings (SSSR count). The predicted octanol–water partition coefficient (Wildman–Crippen LogP) is 4.29. The molecule has 146 valence electrons. The van der Waals surface area contributed by atoms with E-state index in [-0.39, 0.29) is 23.6 Å². The van der Waals surface area contributed by atoms with Crippen LogP contribution in [0.15, 0.2) is 42.5 Å². The molecule has 0 saturated heterocycles. The molecule has 0 aliphatic rings. The van der Waals surface area contributed by atoms with Gasteiger partial charge in [0.25, 0.3) is 5.91 Å². The van der Waals surface area contributed by atoms with Crippen molar-refractivity contribution in [2.24, 2.45) is 0 Å². The number of alkyl halides is 5. The summed E-state index contributed by atoms with van der Waals surface area (Å²) in [6.07, 6.45) is -4.10. The van der Waals surface area contributed by atoms with Crippen molar-refractivity contribution in [1.29, 1.82) is 0 Å². The summed E-state index contributed by atoms with van der Waals surface area (Å²) in [6.45, 7) is -2.92. The minimum atomic E-state index is -4.40. The summed E-state index contributed by atoms with van der Waals surface area (Å²) in [5, 5.41) is 2.57. The minimum Gasteiger partial charge on any atom is -0.493 e. The van der Waals surface area contributed by atoms with Gasteiger partial charge in [0.1, 0.15) is 0 Å². The molecular weight excluding hydrogens is 373 g/mol. The van der Waals surface area contributed by atoms with Crippen molar-refractivity contribution in [1.82, 2.24) is 5.32 Å². The molecule has 0 aromatic heterocycles. The van der Waals surface area contributed by atoms with Gasteiger partial charge < -0.3 is 14.8 Å². The molecule has 0 aliphatic heterocycles. The second kappa shape index (κ2) is 8.70. The molecule has 0 fully saturated rings. The number of benzene rings is 2. The van der Waals surface area contributed by atoms with Crippen molar-refractivity contribution < 1.29 is 36.2 Å². The fraction of sp³-hybridized carbons (Fsp3) is 0.278. The largest absolute Gasteiger partial charge is 0.493 e. The first-order valence-corrected chi connectivity index (χ1v) is 7.78. The van der Waals surface area contributed by atoms with Gasteiger partial charge >= 0.3 is 12.8 Å². The first-order chi connectivity index (χ1) is 12.7. The molecule has 0 unspecified atom stereocenters. The SMILES string of the molecule is COc1ccc(C(=O)NCCc2ccc(C(F)(F)F)cc2)cc1OC(F)F. The number of methoxy groups -OCH3 is 1. The lowest BCUT2D eigenvalue weighted by atomic mass is 10.1. The number of halogens is 5. The molecule has 9 heteroatoms. The molecule has 0 aliphatic carbocycles. The molecule has 0 radical (unpaired) electrons. The maximum Gasteiger partial charge on any atom is 0.416 e. The van der Waals surface area contributed by atoms with Gasteiger partial charge in [-0.05, 0) is 42.3 Å². The van der Waals surface area contributed by atoms with Crippen LogP contribution in [0.4, 0.5) is 22.0 Å². The van der Waals surface area contributed by atoms with Gasteiger partial charge in [0.15, 0.2) is 11.5 Å². The van der Waals surface area contributed by atoms with E-state index in [1.165, 1.54) is 31.4 Å². The summed E-state index contributed by atoms with van der Waals surface area (Å²) in [7, 11) is 1.28. The lowest BCUT2D eigenvalue weighted by Crippen LogP contribution is -2.25. The van der Waals surface area contributed by atoms with Crippen molar-refractivity contribution in [2.75, 3.05) is 13.7 Å². The van der Waals surface area contributed by atoms with E-state index in [4.69, 9.17) is 4.74 Å². The van der Waals surface area contributed by atoms with Gasteiger partial charge in [-0.25, -0.2) is 0 Å². The number of hydrogen-bond acceptors (Lipinski definition) is 3. The molecule has 2 aromatic rings. The van der Waals surface area contributed by atoms with Crippen LogP contribution in [0, 0.1) is 0 Å². The third-order valence-corrected chi connectivity index (χ3v) is 3.62. The van der Waals surface area contributed by atoms with Crippen LogP contribution < -0.4 is 14.8 Å². The van der Waals surface area contributed by atoms with Crippen LogP contribution in [-0.2, 0) is 12.6 Å². The van der Waals surface area contributed by atoms with Gasteiger partial charge in [-0.15, -0.1) is 0 Å². The average molecular weight is 389 g/mol. The molecule has 1 amide bonds. The van der Waals surface area contributed by atoms with E-state index >= 15 is 0 Å². The lowest BCUT2D eigenvalue weighted by molar-refractivity contribution is -0.137. The van der Waals surface area contributed by atoms with Crippen LogP contribution in [0.1, 0.15) is 21.5 Å². The molecule has 0 saturated carbocycles. The smallest absolute Gasteiger partial charge is 0.416 e. The highest BCUT2D eigenvalue weighted by atomic mass is 19.4. The molecule has 2 aromatic carbocycles. The quantitative estimate of drug-likeness (QED) is 0.719. The van der Waals surface area contributed by atoms with E-state index in [0.717, 1.165) is 18.2 Å². The Kier molecular flexibility index (Phi) is 6.59. The third kappa shape index (κ3) is 5.83. The molecule has 0 atom stereocenters. The molecular formula is C18H16F5NO3. The summed E-state index contributed by atoms with van der Waals surface area (Å²) in [4.78, 5) is 12.1. The monoisotopic (exact) mass is 389 g/mol. The van der Waals surface area contributed by atoms with Gasteiger partial charge in [-0.3, -0.25) is 4.79 Å². The number of amides is 1. The lowest BCUT2D eigenvalue weighted by Gasteiger charge is -2.12. The predicted molar refractivity (Wildman–Crippen MR) is 87.1 cm³/mol. The van der Waals surface area contributed by atoms with Gasteiger partial charge in [0.05, 0.1) is 12.7 Å². The van der Waals surface area contributed by atoms with Crippen molar-refractivity contribution in [3.8, 4) is 11.5 Å². The molecule has 27 heavy (non-hydrogen) atoms. The molecule has 4 nitrogen and oxygen atoms in total. The van der Waals surface area contributed by atoms with Crippen molar-refractivity contribution in [3.05, 3.63) is 59.2 Å². The van der Waals surface area contributed by atoms with Crippen LogP contribution in [0.3, 0.4) is 0 Å². The zero-order chi connectivity index (χ0) is 20.0. The van der Waals surface area contributed by atoms with Crippen molar-refractivity contribution in [3.63, 3.8) is 0 Å². The van der Waals surface area contributed by atoms with E-state index in [9.17, 15) is 26.7 Å². The minimum absolute atomic E-state index is 0.0524. The van der Waals surface area contributed by atoms with E-state index in [0.29, 0.717) is 12.0 Å². The van der Waals surface area contributed by atoms with Gasteiger partial charge in [-0.2, -0.15) is 22.0 Å². The first kappa shape index (κ1) is 20.5. The number of carbonyl (C=O) groups is 1. The normalized spacial score (nSPS) is 11.4. The zero-order valence-corrected chi connectivity index (χ0v) is 14.1. The summed E-state index contributed by atoms with van der Waals surface area (Å²) >= 11 is 0. The Hall–Kier alpha value is -2.84. The molecule has 0 spiro atoms. The number of ether oxygens (including phenoxy) is 2. The highest BCUT2D eigenvalue weighted by Gasteiger charge is 2.29. The number of rotatable bonds is 7. The van der Waals surface area contributed by atoms with Gasteiger partial charge in [0.2, 0.25) is 0 Å². The van der Waals surface area contributed by atoms with Crippen LogP contribution in [-0.4, -0.2) is 26.2 Å². The van der Waals surface area contributed by atoms with E-state index in [1.54, 1.807) is 0 Å². The summed E-state index contributed by atoms with van der Waals surface area (Å²) in [5.74, 6) is -0.761. The summed E-state index contributed by atoms with van der Waals surface area (Å²) in [5.41, 5.74) is -0.0568. The number of nitrogens with one attached hydrogen (secondary N) is 1. The molecule has 0 bridgehead atoms. The fourth-order valence-corrected chi connectivity index (χ4v) is 2.29. The summed E-state index contributed by atoms with van der Waals surface area (Å²) in [6, 6.07) is 8.42. The van der Waals surface area contributed by atoms with Gasteiger partial charge in [-0.1, -0.05) is 12.1 Å². The number of carbonyl (C=O) groups excluding carboxylic acids is 1. The molecule has 1 N–H and O–H groups in total. The second-order valence-corrected chi connectivity index (χ2v) is 5.44. The highest BCUT2D eigenvalue weighted by Crippen LogP contribution is 2.30. The second-order valence-electron chi connectivity index (χ2n) is 5.44. The Labute approximate surface area is 151 Å². The Morgan fingerprint density at radius 2 is 1.74 bits per heavy atom. The Balaban J connectivity index is 1.95. The zero-order valence-electron chi connectivity index (χ0n) is 14.1. The Morgan fingerprint density at radius 1 is 1.07 bits per heavy atom. The topological polar surface area (TPSA) is 47.6 Å². The fourth-order valence-electron chi connectivity index (χ4n) is 2.29. The average Bonchev–Trinajstić information content (AvgIpc) is 2.60. The maximum absolute atomic E-state index is 12.5. The van der Waals surface area contributed by atoms with Crippen molar-refractivity contribution in [2.45, 2.75) is 19.2 Å². The van der Waals surface area contributed by atoms with E-state index in [1.807, 2.05) is 0 Å².